The third-order valence-electron chi connectivity index (χ3n) is 7.60. The molecule has 0 aliphatic carbocycles. The van der Waals surface area contributed by atoms with Crippen LogP contribution >= 0.6 is 0 Å². The SMILES string of the molecule is CCC(=O)Nc1ccc(N2CCC(NC(=O)Nc3cccc(Oc4ccnc5cc(OC)c(OC)cc45)c3)CC2)c(C(F)(F)F)c1. The quantitative estimate of drug-likeness (QED) is 0.178. The molecule has 3 aromatic carbocycles. The van der Waals surface area contributed by atoms with Crippen molar-refractivity contribution in [3.63, 3.8) is 0 Å². The summed E-state index contributed by atoms with van der Waals surface area (Å²) >= 11 is 0. The normalized spacial score (nSPS) is 13.7. The lowest BCUT2D eigenvalue weighted by Gasteiger charge is -2.35. The molecule has 1 fully saturated rings. The minimum absolute atomic E-state index is 0.0428. The van der Waals surface area contributed by atoms with Gasteiger partial charge in [-0.2, -0.15) is 13.2 Å². The van der Waals surface area contributed by atoms with E-state index in [2.05, 4.69) is 20.9 Å². The van der Waals surface area contributed by atoms with Gasteiger partial charge >= 0.3 is 12.2 Å². The van der Waals surface area contributed by atoms with Gasteiger partial charge in [0.2, 0.25) is 5.91 Å². The molecule has 4 aromatic rings. The maximum absolute atomic E-state index is 13.9. The molecule has 0 spiro atoms. The van der Waals surface area contributed by atoms with Crippen molar-refractivity contribution in [2.24, 2.45) is 0 Å². The Balaban J connectivity index is 1.20. The van der Waals surface area contributed by atoms with E-state index in [-0.39, 0.29) is 29.7 Å². The smallest absolute Gasteiger partial charge is 0.418 e. The van der Waals surface area contributed by atoms with E-state index in [9.17, 15) is 22.8 Å². The molecule has 1 aliphatic heterocycles. The van der Waals surface area contributed by atoms with Crippen LogP contribution in [0.1, 0.15) is 31.7 Å². The van der Waals surface area contributed by atoms with Gasteiger partial charge in [0.1, 0.15) is 11.5 Å². The first-order chi connectivity index (χ1) is 22.1. The Morgan fingerprint density at radius 1 is 0.913 bits per heavy atom. The number of nitrogens with one attached hydrogen (secondary N) is 3. The molecule has 2 heterocycles. The number of fused-ring (bicyclic) bond motifs is 1. The molecule has 1 aliphatic rings. The summed E-state index contributed by atoms with van der Waals surface area (Å²) in [6.45, 7) is 2.25. The summed E-state index contributed by atoms with van der Waals surface area (Å²) in [5.41, 5.74) is 0.477. The molecule has 13 heteroatoms. The van der Waals surface area contributed by atoms with Crippen molar-refractivity contribution in [2.45, 2.75) is 38.4 Å². The first-order valence-corrected chi connectivity index (χ1v) is 14.7. The highest BCUT2D eigenvalue weighted by Gasteiger charge is 2.36. The zero-order valence-electron chi connectivity index (χ0n) is 25.5. The summed E-state index contributed by atoms with van der Waals surface area (Å²) < 4.78 is 58.7. The Kier molecular flexibility index (Phi) is 9.69. The topological polar surface area (TPSA) is 114 Å². The summed E-state index contributed by atoms with van der Waals surface area (Å²) in [6.07, 6.45) is -1.92. The number of amides is 3. The van der Waals surface area contributed by atoms with E-state index in [1.54, 1.807) is 74.7 Å². The second-order valence-corrected chi connectivity index (χ2v) is 10.7. The van der Waals surface area contributed by atoms with Crippen molar-refractivity contribution in [3.8, 4) is 23.0 Å². The number of hydrogen-bond acceptors (Lipinski definition) is 7. The molecule has 3 N–H and O–H groups in total. The number of anilines is 3. The molecule has 0 radical (unpaired) electrons. The lowest BCUT2D eigenvalue weighted by Crippen LogP contribution is -2.46. The van der Waals surface area contributed by atoms with Crippen LogP contribution in [0.5, 0.6) is 23.0 Å². The van der Waals surface area contributed by atoms with Crippen LogP contribution in [-0.4, -0.2) is 50.3 Å². The number of piperidine rings is 1. The number of carbonyl (C=O) groups is 2. The lowest BCUT2D eigenvalue weighted by atomic mass is 10.0. The fourth-order valence-electron chi connectivity index (χ4n) is 5.28. The summed E-state index contributed by atoms with van der Waals surface area (Å²) in [4.78, 5) is 30.6. The van der Waals surface area contributed by atoms with E-state index in [1.165, 1.54) is 12.1 Å². The average Bonchev–Trinajstić information content (AvgIpc) is 3.04. The van der Waals surface area contributed by atoms with Gasteiger partial charge in [-0.05, 0) is 55.3 Å². The van der Waals surface area contributed by atoms with E-state index < -0.39 is 17.8 Å². The molecular formula is C33H34F3N5O5. The lowest BCUT2D eigenvalue weighted by molar-refractivity contribution is -0.137. The first-order valence-electron chi connectivity index (χ1n) is 14.7. The Hall–Kier alpha value is -5.20. The Labute approximate surface area is 263 Å². The number of benzene rings is 3. The molecule has 10 nitrogen and oxygen atoms in total. The number of hydrogen-bond donors (Lipinski definition) is 3. The molecular weight excluding hydrogens is 603 g/mol. The van der Waals surface area contributed by atoms with Gasteiger partial charge in [0.25, 0.3) is 0 Å². The second kappa shape index (κ2) is 13.8. The molecule has 0 saturated carbocycles. The van der Waals surface area contributed by atoms with Crippen molar-refractivity contribution in [1.82, 2.24) is 10.3 Å². The fraction of sp³-hybridized carbons (Fsp3) is 0.303. The number of pyridine rings is 1. The third-order valence-corrected chi connectivity index (χ3v) is 7.60. The monoisotopic (exact) mass is 637 g/mol. The number of methoxy groups -OCH3 is 2. The fourth-order valence-corrected chi connectivity index (χ4v) is 5.28. The molecule has 0 bridgehead atoms. The number of carbonyl (C=O) groups excluding carboxylic acids is 2. The standard InChI is InChI=1S/C33H34F3N5O5/c1-4-31(42)38-22-8-9-27(25(17-22)33(34,35)36)41-14-11-20(12-15-41)39-32(43)40-21-6-5-7-23(16-21)46-28-10-13-37-26-19-30(45-3)29(44-2)18-24(26)28/h5-10,13,16-20H,4,11-12,14-15H2,1-3H3,(H,38,42)(H2,39,40,43). The predicted molar refractivity (Wildman–Crippen MR) is 169 cm³/mol. The largest absolute Gasteiger partial charge is 0.493 e. The Bertz CT molecular complexity index is 1720. The minimum Gasteiger partial charge on any atom is -0.493 e. The summed E-state index contributed by atoms with van der Waals surface area (Å²) in [5, 5.41) is 8.92. The number of nitrogens with zero attached hydrogens (tertiary/aromatic N) is 2. The highest BCUT2D eigenvalue weighted by molar-refractivity contribution is 5.91. The van der Waals surface area contributed by atoms with E-state index in [0.29, 0.717) is 65.5 Å². The molecule has 242 valence electrons. The third kappa shape index (κ3) is 7.53. The van der Waals surface area contributed by atoms with Crippen molar-refractivity contribution in [2.75, 3.05) is 42.8 Å². The van der Waals surface area contributed by atoms with Crippen LogP contribution in [0.2, 0.25) is 0 Å². The number of ether oxygens (including phenoxy) is 3. The number of halogens is 3. The van der Waals surface area contributed by atoms with Crippen LogP contribution in [0.25, 0.3) is 10.9 Å². The zero-order valence-corrected chi connectivity index (χ0v) is 25.5. The molecule has 46 heavy (non-hydrogen) atoms. The second-order valence-electron chi connectivity index (χ2n) is 10.7. The number of rotatable bonds is 9. The minimum atomic E-state index is -4.60. The number of aromatic nitrogens is 1. The van der Waals surface area contributed by atoms with E-state index in [0.717, 1.165) is 6.07 Å². The van der Waals surface area contributed by atoms with Crippen LogP contribution in [0.4, 0.5) is 35.0 Å². The van der Waals surface area contributed by atoms with Crippen LogP contribution in [0, 0.1) is 0 Å². The van der Waals surface area contributed by atoms with Gasteiger partial charge in [0, 0.05) is 66.3 Å². The average molecular weight is 638 g/mol. The maximum atomic E-state index is 13.9. The van der Waals surface area contributed by atoms with Crippen molar-refractivity contribution in [1.29, 1.82) is 0 Å². The van der Waals surface area contributed by atoms with Gasteiger partial charge in [-0.3, -0.25) is 9.78 Å². The summed E-state index contributed by atoms with van der Waals surface area (Å²) in [7, 11) is 3.09. The van der Waals surface area contributed by atoms with Gasteiger partial charge in [-0.1, -0.05) is 13.0 Å². The summed E-state index contributed by atoms with van der Waals surface area (Å²) in [5.74, 6) is 1.72. The van der Waals surface area contributed by atoms with E-state index >= 15 is 0 Å². The van der Waals surface area contributed by atoms with Crippen LogP contribution in [0.3, 0.4) is 0 Å². The van der Waals surface area contributed by atoms with Gasteiger partial charge in [0.15, 0.2) is 11.5 Å². The molecule has 5 rings (SSSR count). The highest BCUT2D eigenvalue weighted by atomic mass is 19.4. The van der Waals surface area contributed by atoms with Crippen molar-refractivity contribution < 1.29 is 37.0 Å². The van der Waals surface area contributed by atoms with Gasteiger partial charge in [0.05, 0.1) is 25.3 Å². The molecule has 0 unspecified atom stereocenters. The molecule has 0 atom stereocenters. The van der Waals surface area contributed by atoms with E-state index in [1.807, 2.05) is 0 Å². The van der Waals surface area contributed by atoms with Gasteiger partial charge in [-0.25, -0.2) is 4.79 Å². The Morgan fingerprint density at radius 2 is 1.63 bits per heavy atom. The van der Waals surface area contributed by atoms with Gasteiger partial charge < -0.3 is 35.1 Å². The van der Waals surface area contributed by atoms with Crippen LogP contribution in [-0.2, 0) is 11.0 Å². The maximum Gasteiger partial charge on any atom is 0.418 e. The number of urea groups is 1. The van der Waals surface area contributed by atoms with Crippen molar-refractivity contribution in [3.05, 3.63) is 72.4 Å². The molecule has 1 aromatic heterocycles. The molecule has 3 amide bonds. The predicted octanol–water partition coefficient (Wildman–Crippen LogP) is 7.20. The zero-order chi connectivity index (χ0) is 32.8. The van der Waals surface area contributed by atoms with Crippen LogP contribution < -0.4 is 35.1 Å². The van der Waals surface area contributed by atoms with Crippen molar-refractivity contribution >= 4 is 39.9 Å². The summed E-state index contributed by atoms with van der Waals surface area (Å²) in [6, 6.07) is 15.3. The Morgan fingerprint density at radius 3 is 2.33 bits per heavy atom. The molecule has 1 saturated heterocycles. The first kappa shape index (κ1) is 32.2. The van der Waals surface area contributed by atoms with Gasteiger partial charge in [-0.15, -0.1) is 0 Å². The van der Waals surface area contributed by atoms with Crippen LogP contribution in [0.15, 0.2) is 66.9 Å². The number of alkyl halides is 3. The highest BCUT2D eigenvalue weighted by Crippen LogP contribution is 2.40. The van der Waals surface area contributed by atoms with E-state index in [4.69, 9.17) is 14.2 Å².